The van der Waals surface area contributed by atoms with Gasteiger partial charge in [0.25, 0.3) is 11.1 Å². The number of fused-ring (bicyclic) bond motifs is 2. The Kier molecular flexibility index (Phi) is 7.72. The largest absolute Gasteiger partial charge is 0.274 e. The van der Waals surface area contributed by atoms with Crippen molar-refractivity contribution in [2.45, 2.75) is 77.7 Å². The third-order valence-corrected chi connectivity index (χ3v) is 8.86. The highest BCUT2D eigenvalue weighted by Gasteiger charge is 2.22. The summed E-state index contributed by atoms with van der Waals surface area (Å²) in [4.78, 5) is 27.3. The van der Waals surface area contributed by atoms with E-state index >= 15 is 0 Å². The van der Waals surface area contributed by atoms with Crippen LogP contribution in [0.4, 0.5) is 0 Å². The van der Waals surface area contributed by atoms with E-state index in [1.807, 2.05) is 24.3 Å². The summed E-state index contributed by atoms with van der Waals surface area (Å²) in [5, 5.41) is 23.7. The molecule has 0 radical (unpaired) electrons. The molecular weight excluding hydrogens is 490 g/mol. The van der Waals surface area contributed by atoms with Gasteiger partial charge in [-0.25, -0.2) is 0 Å². The molecule has 0 fully saturated rings. The number of nitrogens with zero attached hydrogens (tertiary/aromatic N) is 3. The molecule has 5 nitrogen and oxygen atoms in total. The number of unbranched alkanes of at least 4 members (excludes halogenated alkanes) is 9. The van der Waals surface area contributed by atoms with Gasteiger partial charge in [0.15, 0.2) is 0 Å². The van der Waals surface area contributed by atoms with E-state index < -0.39 is 0 Å². The Bertz CT molecular complexity index is 1800. The summed E-state index contributed by atoms with van der Waals surface area (Å²) in [5.41, 5.74) is 0.0991. The summed E-state index contributed by atoms with van der Waals surface area (Å²) in [6.07, 6.45) is 11.7. The molecule has 6 heteroatoms. The Labute approximate surface area is 225 Å². The minimum absolute atomic E-state index is 0.346. The van der Waals surface area contributed by atoms with E-state index in [-0.39, 0.29) is 11.1 Å². The van der Waals surface area contributed by atoms with Crippen LogP contribution >= 0.6 is 11.3 Å². The monoisotopic (exact) mass is 521 g/mol. The lowest BCUT2D eigenvalue weighted by Gasteiger charge is -2.16. The summed E-state index contributed by atoms with van der Waals surface area (Å²) in [6.45, 7) is 2.58. The number of pyridine rings is 1. The highest BCUT2D eigenvalue weighted by atomic mass is 32.1. The Morgan fingerprint density at radius 1 is 0.711 bits per heavy atom. The lowest BCUT2D eigenvalue weighted by molar-refractivity contribution is 0.527. The molecule has 0 saturated carbocycles. The average Bonchev–Trinajstić information content (AvgIpc) is 2.94. The van der Waals surface area contributed by atoms with E-state index in [9.17, 15) is 20.1 Å². The fourth-order valence-corrected chi connectivity index (χ4v) is 6.88. The number of aromatic nitrogens is 1. The molecule has 0 aliphatic rings. The van der Waals surface area contributed by atoms with E-state index in [1.54, 1.807) is 12.1 Å². The predicted octanol–water partition coefficient (Wildman–Crippen LogP) is 7.98. The minimum Gasteiger partial charge on any atom is -0.274 e. The van der Waals surface area contributed by atoms with Crippen molar-refractivity contribution >= 4 is 53.1 Å². The highest BCUT2D eigenvalue weighted by molar-refractivity contribution is 7.25. The number of rotatable bonds is 11. The molecule has 0 atom stereocenters. The molecule has 0 amide bonds. The summed E-state index contributed by atoms with van der Waals surface area (Å²) in [6, 6.07) is 15.6. The fourth-order valence-electron chi connectivity index (χ4n) is 5.72. The Morgan fingerprint density at radius 2 is 1.29 bits per heavy atom. The second kappa shape index (κ2) is 11.3. The Hall–Kier alpha value is -3.74. The molecule has 38 heavy (non-hydrogen) atoms. The second-order valence-corrected chi connectivity index (χ2v) is 11.2. The van der Waals surface area contributed by atoms with Gasteiger partial charge in [0, 0.05) is 32.8 Å². The van der Waals surface area contributed by atoms with Crippen LogP contribution in [0.5, 0.6) is 0 Å². The van der Waals surface area contributed by atoms with Crippen LogP contribution in [-0.4, -0.2) is 4.57 Å². The van der Waals surface area contributed by atoms with Gasteiger partial charge in [-0.05, 0) is 24.6 Å². The zero-order valence-corrected chi connectivity index (χ0v) is 22.6. The smallest absolute Gasteiger partial charge is 0.261 e. The van der Waals surface area contributed by atoms with E-state index in [0.717, 1.165) is 29.3 Å². The maximum Gasteiger partial charge on any atom is 0.261 e. The van der Waals surface area contributed by atoms with Crippen molar-refractivity contribution in [1.82, 2.24) is 4.57 Å². The van der Waals surface area contributed by atoms with Gasteiger partial charge < -0.3 is 0 Å². The topological polar surface area (TPSA) is 86.7 Å². The molecule has 0 saturated heterocycles. The van der Waals surface area contributed by atoms with Crippen molar-refractivity contribution in [3.63, 3.8) is 0 Å². The first kappa shape index (κ1) is 25.9. The van der Waals surface area contributed by atoms with Gasteiger partial charge in [0.05, 0.1) is 32.7 Å². The normalized spacial score (nSPS) is 11.6. The first-order valence-electron chi connectivity index (χ1n) is 13.7. The van der Waals surface area contributed by atoms with Crippen molar-refractivity contribution in [2.75, 3.05) is 0 Å². The molecule has 5 rings (SSSR count). The van der Waals surface area contributed by atoms with E-state index in [1.165, 1.54) is 60.8 Å². The van der Waals surface area contributed by atoms with Crippen molar-refractivity contribution in [3.8, 4) is 12.1 Å². The summed E-state index contributed by atoms with van der Waals surface area (Å²) < 4.78 is 2.98. The molecule has 0 aliphatic heterocycles. The first-order valence-corrected chi connectivity index (χ1v) is 14.5. The fraction of sp³-hybridized carbons (Fsp3) is 0.375. The Morgan fingerprint density at radius 3 is 1.92 bits per heavy atom. The van der Waals surface area contributed by atoms with E-state index in [2.05, 4.69) is 19.1 Å². The van der Waals surface area contributed by atoms with Crippen LogP contribution in [-0.2, 0) is 6.54 Å². The number of nitriles is 2. The van der Waals surface area contributed by atoms with Gasteiger partial charge in [-0.1, -0.05) is 82.9 Å². The number of benzene rings is 3. The third-order valence-electron chi connectivity index (χ3n) is 7.65. The molecule has 2 heterocycles. The number of hydrogen-bond donors (Lipinski definition) is 0. The summed E-state index contributed by atoms with van der Waals surface area (Å²) in [5.74, 6) is 0. The van der Waals surface area contributed by atoms with Gasteiger partial charge in [-0.15, -0.1) is 11.3 Å². The standard InChI is InChI=1S/C32H31N3O2S/c1-2-3-4-5-6-7-8-9-10-13-16-35-31(36)24-17-21(19-33)27-23-14-11-12-15-26(23)38-30-22(20-34)18-25(32(35)37)28(24)29(27)30/h11-12,14-15,17-18H,2-10,13,16H2,1H3. The van der Waals surface area contributed by atoms with Gasteiger partial charge in [-0.3, -0.25) is 14.2 Å². The van der Waals surface area contributed by atoms with Crippen molar-refractivity contribution in [2.24, 2.45) is 0 Å². The van der Waals surface area contributed by atoms with Gasteiger partial charge in [0.2, 0.25) is 0 Å². The van der Waals surface area contributed by atoms with Gasteiger partial charge >= 0.3 is 0 Å². The van der Waals surface area contributed by atoms with Crippen LogP contribution in [0.15, 0.2) is 46.0 Å². The van der Waals surface area contributed by atoms with Gasteiger partial charge in [0.1, 0.15) is 6.07 Å². The molecule has 0 aliphatic carbocycles. The van der Waals surface area contributed by atoms with Crippen molar-refractivity contribution < 1.29 is 0 Å². The van der Waals surface area contributed by atoms with Crippen LogP contribution < -0.4 is 11.1 Å². The summed E-state index contributed by atoms with van der Waals surface area (Å²) in [7, 11) is 0. The third kappa shape index (κ3) is 4.55. The molecule has 2 aromatic heterocycles. The van der Waals surface area contributed by atoms with E-state index in [0.29, 0.717) is 49.3 Å². The summed E-state index contributed by atoms with van der Waals surface area (Å²) >= 11 is 1.46. The maximum absolute atomic E-state index is 13.6. The lowest BCUT2D eigenvalue weighted by atomic mass is 9.92. The van der Waals surface area contributed by atoms with E-state index in [4.69, 9.17) is 0 Å². The maximum atomic E-state index is 13.6. The van der Waals surface area contributed by atoms with Crippen LogP contribution in [0.2, 0.25) is 0 Å². The average molecular weight is 522 g/mol. The predicted molar refractivity (Wildman–Crippen MR) is 157 cm³/mol. The highest BCUT2D eigenvalue weighted by Crippen LogP contribution is 2.42. The van der Waals surface area contributed by atoms with Crippen molar-refractivity contribution in [3.05, 3.63) is 68.2 Å². The van der Waals surface area contributed by atoms with Gasteiger partial charge in [-0.2, -0.15) is 10.5 Å². The SMILES string of the molecule is CCCCCCCCCCCCn1c(=O)c2cc(C#N)c3sc4ccccc4c4c(C#N)cc(c1=O)c2c34. The zero-order valence-electron chi connectivity index (χ0n) is 21.8. The quantitative estimate of drug-likeness (QED) is 0.100. The minimum atomic E-state index is -0.346. The molecule has 0 N–H and O–H groups in total. The van der Waals surface area contributed by atoms with Crippen LogP contribution in [0.3, 0.4) is 0 Å². The van der Waals surface area contributed by atoms with Crippen LogP contribution in [0, 0.1) is 22.7 Å². The molecular formula is C32H31N3O2S. The first-order chi connectivity index (χ1) is 18.6. The molecule has 0 unspecified atom stereocenters. The Balaban J connectivity index is 1.53. The molecule has 3 aromatic carbocycles. The molecule has 0 spiro atoms. The zero-order chi connectivity index (χ0) is 26.6. The van der Waals surface area contributed by atoms with Crippen LogP contribution in [0.1, 0.15) is 82.3 Å². The van der Waals surface area contributed by atoms with Crippen LogP contribution in [0.25, 0.3) is 41.7 Å². The van der Waals surface area contributed by atoms with Crippen molar-refractivity contribution in [1.29, 1.82) is 10.5 Å². The molecule has 5 aromatic rings. The number of hydrogen-bond acceptors (Lipinski definition) is 5. The second-order valence-electron chi connectivity index (χ2n) is 10.2. The molecule has 0 bridgehead atoms. The lowest BCUT2D eigenvalue weighted by Crippen LogP contribution is -2.33. The molecule has 192 valence electrons.